The van der Waals surface area contributed by atoms with Crippen LogP contribution >= 0.6 is 0 Å². The average Bonchev–Trinajstić information content (AvgIpc) is 1.85. The molecule has 0 atom stereocenters. The molecular weight excluding hydrogens is 130 g/mol. The molecule has 0 aromatic carbocycles. The molecule has 10 heavy (non-hydrogen) atoms. The minimum absolute atomic E-state index is 0.358. The Hall–Kier alpha value is -1.49. The van der Waals surface area contributed by atoms with Crippen LogP contribution in [0.4, 0.5) is 0 Å². The normalized spacial score (nSPS) is 17.1. The maximum atomic E-state index is 5.36. The van der Waals surface area contributed by atoms with E-state index < -0.39 is 0 Å². The van der Waals surface area contributed by atoms with Crippen molar-refractivity contribution >= 4 is 5.84 Å². The first kappa shape index (κ1) is 6.63. The van der Waals surface area contributed by atoms with Gasteiger partial charge in [0.15, 0.2) is 0 Å². The molecule has 0 spiro atoms. The number of rotatable bonds is 1. The maximum absolute atomic E-state index is 5.36. The Morgan fingerprint density at radius 2 is 2.50 bits per heavy atom. The van der Waals surface area contributed by atoms with E-state index in [9.17, 15) is 0 Å². The molecule has 0 saturated heterocycles. The molecule has 0 aliphatic carbocycles. The zero-order chi connectivity index (χ0) is 7.56. The minimum Gasteiger partial charge on any atom is -0.382 e. The summed E-state index contributed by atoms with van der Waals surface area (Å²) in [4.78, 5) is 0. The molecule has 5 nitrogen and oxygen atoms in total. The monoisotopic (exact) mass is 139 g/mol. The molecule has 0 aromatic rings. The van der Waals surface area contributed by atoms with E-state index in [0.717, 1.165) is 10.9 Å². The van der Waals surface area contributed by atoms with Crippen molar-refractivity contribution in [1.29, 1.82) is 0 Å². The van der Waals surface area contributed by atoms with Gasteiger partial charge < -0.3 is 5.73 Å². The first-order valence-electron chi connectivity index (χ1n) is 2.72. The van der Waals surface area contributed by atoms with Gasteiger partial charge in [0.05, 0.1) is 5.70 Å². The van der Waals surface area contributed by atoms with Crippen LogP contribution in [-0.4, -0.2) is 11.1 Å². The van der Waals surface area contributed by atoms with Crippen LogP contribution in [0.1, 0.15) is 0 Å². The van der Waals surface area contributed by atoms with Gasteiger partial charge in [-0.2, -0.15) is 0 Å². The molecule has 1 heterocycles. The number of amidine groups is 1. The molecule has 0 saturated carbocycles. The summed E-state index contributed by atoms with van der Waals surface area (Å²) in [5.74, 6) is 5.61. The standard InChI is InChI=1S/C5H9N5/c1-2-4-3-5(6)9-10(7)8-4/h2-3,8H,1,7H2,(H2,6,9). The van der Waals surface area contributed by atoms with Crippen LogP contribution in [-0.2, 0) is 0 Å². The van der Waals surface area contributed by atoms with Gasteiger partial charge in [-0.25, -0.2) is 5.84 Å². The number of hydrogen-bond donors (Lipinski definition) is 3. The van der Waals surface area contributed by atoms with Gasteiger partial charge in [0, 0.05) is 6.08 Å². The first-order chi connectivity index (χ1) is 4.72. The molecule has 0 fully saturated rings. The number of hydrazine groups is 2. The Kier molecular flexibility index (Phi) is 1.59. The lowest BCUT2D eigenvalue weighted by atomic mass is 10.4. The van der Waals surface area contributed by atoms with Gasteiger partial charge in [-0.05, 0) is 6.08 Å². The highest BCUT2D eigenvalue weighted by atomic mass is 15.8. The molecule has 54 valence electrons. The molecule has 0 bridgehead atoms. The number of hydrogen-bond acceptors (Lipinski definition) is 5. The summed E-state index contributed by atoms with van der Waals surface area (Å²) in [6.07, 6.45) is 3.23. The summed E-state index contributed by atoms with van der Waals surface area (Å²) in [6, 6.07) is 0. The summed E-state index contributed by atoms with van der Waals surface area (Å²) in [6.45, 7) is 3.53. The predicted molar refractivity (Wildman–Crippen MR) is 39.1 cm³/mol. The van der Waals surface area contributed by atoms with E-state index in [1.807, 2.05) is 0 Å². The third kappa shape index (κ3) is 1.26. The molecule has 1 rings (SSSR count). The summed E-state index contributed by atoms with van der Waals surface area (Å²) in [5, 5.41) is 4.69. The topological polar surface area (TPSA) is 79.7 Å². The van der Waals surface area contributed by atoms with E-state index in [0.29, 0.717) is 5.84 Å². The van der Waals surface area contributed by atoms with Crippen molar-refractivity contribution < 1.29 is 0 Å². The SMILES string of the molecule is C=CC1=CC(N)=NN(N)N1. The third-order valence-corrected chi connectivity index (χ3v) is 0.990. The molecule has 0 aromatic heterocycles. The van der Waals surface area contributed by atoms with E-state index in [1.54, 1.807) is 12.2 Å². The second-order valence-electron chi connectivity index (χ2n) is 1.79. The van der Waals surface area contributed by atoms with Crippen molar-refractivity contribution in [2.75, 3.05) is 0 Å². The molecule has 0 amide bonds. The van der Waals surface area contributed by atoms with Crippen LogP contribution in [0.15, 0.2) is 29.5 Å². The Balaban J connectivity index is 2.79. The summed E-state index contributed by atoms with van der Waals surface area (Å²) < 4.78 is 0. The fraction of sp³-hybridized carbons (Fsp3) is 0. The van der Waals surface area contributed by atoms with Gasteiger partial charge in [0.2, 0.25) is 0 Å². The van der Waals surface area contributed by atoms with Crippen molar-refractivity contribution in [1.82, 2.24) is 10.7 Å². The predicted octanol–water partition coefficient (Wildman–Crippen LogP) is -0.978. The molecular formula is C5H9N5. The van der Waals surface area contributed by atoms with Crippen LogP contribution in [0.25, 0.3) is 0 Å². The van der Waals surface area contributed by atoms with Crippen LogP contribution in [0, 0.1) is 0 Å². The highest BCUT2D eigenvalue weighted by Gasteiger charge is 2.02. The van der Waals surface area contributed by atoms with E-state index in [4.69, 9.17) is 11.6 Å². The summed E-state index contributed by atoms with van der Waals surface area (Å²) in [7, 11) is 0. The fourth-order valence-corrected chi connectivity index (χ4v) is 0.607. The average molecular weight is 139 g/mol. The van der Waals surface area contributed by atoms with Gasteiger partial charge in [0.1, 0.15) is 5.84 Å². The zero-order valence-electron chi connectivity index (χ0n) is 5.41. The third-order valence-electron chi connectivity index (χ3n) is 0.990. The largest absolute Gasteiger partial charge is 0.382 e. The van der Waals surface area contributed by atoms with E-state index in [2.05, 4.69) is 17.1 Å². The highest BCUT2D eigenvalue weighted by molar-refractivity contribution is 5.92. The lowest BCUT2D eigenvalue weighted by Gasteiger charge is -2.19. The summed E-state index contributed by atoms with van der Waals surface area (Å²) in [5.41, 5.74) is 8.77. The molecule has 0 unspecified atom stereocenters. The van der Waals surface area contributed by atoms with Crippen molar-refractivity contribution in [3.05, 3.63) is 24.4 Å². The minimum atomic E-state index is 0.358. The highest BCUT2D eigenvalue weighted by Crippen LogP contribution is 1.95. The van der Waals surface area contributed by atoms with Gasteiger partial charge in [-0.1, -0.05) is 6.58 Å². The number of nitrogens with two attached hydrogens (primary N) is 2. The number of hydrazone groups is 1. The second kappa shape index (κ2) is 2.40. The Morgan fingerprint density at radius 1 is 1.80 bits per heavy atom. The lowest BCUT2D eigenvalue weighted by Crippen LogP contribution is -2.42. The Labute approximate surface area is 58.6 Å². The maximum Gasteiger partial charge on any atom is 0.149 e. The molecule has 5 heteroatoms. The van der Waals surface area contributed by atoms with Gasteiger partial charge in [-0.15, -0.1) is 10.3 Å². The van der Waals surface area contributed by atoms with Crippen molar-refractivity contribution in [2.45, 2.75) is 0 Å². The molecule has 0 radical (unpaired) electrons. The molecule has 1 aliphatic heterocycles. The number of nitrogens with one attached hydrogen (secondary N) is 1. The van der Waals surface area contributed by atoms with E-state index in [1.165, 1.54) is 0 Å². The smallest absolute Gasteiger partial charge is 0.149 e. The zero-order valence-corrected chi connectivity index (χ0v) is 5.41. The fourth-order valence-electron chi connectivity index (χ4n) is 0.607. The quantitative estimate of drug-likeness (QED) is 0.408. The number of allylic oxidation sites excluding steroid dienone is 1. The van der Waals surface area contributed by atoms with E-state index >= 15 is 0 Å². The summed E-state index contributed by atoms with van der Waals surface area (Å²) >= 11 is 0. The molecule has 5 N–H and O–H groups in total. The Bertz CT molecular complexity index is 204. The lowest BCUT2D eigenvalue weighted by molar-refractivity contribution is 0.229. The first-order valence-corrected chi connectivity index (χ1v) is 2.72. The van der Waals surface area contributed by atoms with Gasteiger partial charge in [0.25, 0.3) is 0 Å². The van der Waals surface area contributed by atoms with Gasteiger partial charge in [-0.3, -0.25) is 5.43 Å². The molecule has 1 aliphatic rings. The van der Waals surface area contributed by atoms with Crippen LogP contribution in [0.5, 0.6) is 0 Å². The van der Waals surface area contributed by atoms with Crippen molar-refractivity contribution in [3.63, 3.8) is 0 Å². The van der Waals surface area contributed by atoms with Crippen LogP contribution < -0.4 is 17.0 Å². The van der Waals surface area contributed by atoms with Crippen molar-refractivity contribution in [2.24, 2.45) is 16.7 Å². The van der Waals surface area contributed by atoms with Crippen molar-refractivity contribution in [3.8, 4) is 0 Å². The second-order valence-corrected chi connectivity index (χ2v) is 1.79. The van der Waals surface area contributed by atoms with Crippen LogP contribution in [0.2, 0.25) is 0 Å². The Morgan fingerprint density at radius 3 is 3.00 bits per heavy atom. The van der Waals surface area contributed by atoms with Gasteiger partial charge >= 0.3 is 0 Å². The van der Waals surface area contributed by atoms with Crippen LogP contribution in [0.3, 0.4) is 0 Å². The van der Waals surface area contributed by atoms with E-state index in [-0.39, 0.29) is 0 Å². The number of nitrogens with zero attached hydrogens (tertiary/aromatic N) is 2.